The van der Waals surface area contributed by atoms with Crippen molar-refractivity contribution in [2.45, 2.75) is 38.7 Å². The molecule has 5 nitrogen and oxygen atoms in total. The minimum atomic E-state index is 0.0219. The minimum Gasteiger partial charge on any atom is -0.471 e. The molecule has 1 aromatic heterocycles. The van der Waals surface area contributed by atoms with Crippen molar-refractivity contribution in [1.82, 2.24) is 15.1 Å². The first-order valence-electron chi connectivity index (χ1n) is 7.00. The zero-order valence-electron chi connectivity index (χ0n) is 11.7. The Morgan fingerprint density at radius 3 is 3.05 bits per heavy atom. The highest BCUT2D eigenvalue weighted by Gasteiger charge is 2.24. The number of aromatic nitrogens is 2. The highest BCUT2D eigenvalue weighted by atomic mass is 79.9. The molecule has 0 radical (unpaired) electrons. The van der Waals surface area contributed by atoms with Gasteiger partial charge >= 0.3 is 0 Å². The third kappa shape index (κ3) is 4.44. The quantitative estimate of drug-likeness (QED) is 0.771. The van der Waals surface area contributed by atoms with E-state index in [4.69, 9.17) is 4.74 Å². The van der Waals surface area contributed by atoms with E-state index in [1.165, 1.54) is 0 Å². The Hall–Kier alpha value is -1.17. The normalized spacial score (nSPS) is 18.9. The summed E-state index contributed by atoms with van der Waals surface area (Å²) in [6, 6.07) is 3.71. The van der Waals surface area contributed by atoms with Gasteiger partial charge in [0.05, 0.1) is 12.2 Å². The van der Waals surface area contributed by atoms with Gasteiger partial charge in [0.1, 0.15) is 6.10 Å². The van der Waals surface area contributed by atoms with Gasteiger partial charge in [0.25, 0.3) is 0 Å². The van der Waals surface area contributed by atoms with Crippen molar-refractivity contribution in [3.8, 4) is 5.88 Å². The van der Waals surface area contributed by atoms with Crippen molar-refractivity contribution in [3.63, 3.8) is 0 Å². The molecule has 0 N–H and O–H groups in total. The molecular weight excluding hydrogens is 322 g/mol. The molecule has 0 aromatic carbocycles. The van der Waals surface area contributed by atoms with E-state index in [2.05, 4.69) is 26.1 Å². The molecule has 20 heavy (non-hydrogen) atoms. The van der Waals surface area contributed by atoms with Crippen LogP contribution in [0, 0.1) is 6.92 Å². The fourth-order valence-electron chi connectivity index (χ4n) is 2.26. The van der Waals surface area contributed by atoms with Crippen LogP contribution in [0.2, 0.25) is 0 Å². The van der Waals surface area contributed by atoms with Gasteiger partial charge in [-0.05, 0) is 32.3 Å². The van der Waals surface area contributed by atoms with Crippen LogP contribution in [0.25, 0.3) is 0 Å². The van der Waals surface area contributed by atoms with E-state index < -0.39 is 0 Å². The van der Waals surface area contributed by atoms with Gasteiger partial charge in [0.2, 0.25) is 11.8 Å². The second-order valence-electron chi connectivity index (χ2n) is 5.03. The van der Waals surface area contributed by atoms with Crippen LogP contribution in [0.1, 0.15) is 31.4 Å². The van der Waals surface area contributed by atoms with Gasteiger partial charge in [-0.1, -0.05) is 15.9 Å². The van der Waals surface area contributed by atoms with Gasteiger partial charge in [-0.2, -0.15) is 5.10 Å². The number of hydrogen-bond donors (Lipinski definition) is 0. The van der Waals surface area contributed by atoms with E-state index in [1.54, 1.807) is 0 Å². The summed E-state index contributed by atoms with van der Waals surface area (Å²) in [5.74, 6) is 0.753. The van der Waals surface area contributed by atoms with Gasteiger partial charge in [-0.3, -0.25) is 4.79 Å². The standard InChI is InChI=1S/C14H20BrN3O2/c1-11-6-7-13(17-16-11)20-12-4-3-9-18(10-12)14(19)5-2-8-15/h6-7,12H,2-5,8-10H2,1H3. The number of aryl methyl sites for hydroxylation is 1. The largest absolute Gasteiger partial charge is 0.471 e. The molecule has 1 amide bonds. The third-order valence-electron chi connectivity index (χ3n) is 3.32. The molecule has 0 bridgehead atoms. The van der Waals surface area contributed by atoms with Gasteiger partial charge in [-0.15, -0.1) is 5.10 Å². The van der Waals surface area contributed by atoms with Gasteiger partial charge < -0.3 is 9.64 Å². The third-order valence-corrected chi connectivity index (χ3v) is 3.88. The Kier molecular flexibility index (Phi) is 5.76. The number of carbonyl (C=O) groups is 1. The highest BCUT2D eigenvalue weighted by molar-refractivity contribution is 9.09. The van der Waals surface area contributed by atoms with Crippen LogP contribution >= 0.6 is 15.9 Å². The Morgan fingerprint density at radius 1 is 1.50 bits per heavy atom. The molecule has 1 aromatic rings. The zero-order chi connectivity index (χ0) is 14.4. The molecule has 1 aliphatic heterocycles. The summed E-state index contributed by atoms with van der Waals surface area (Å²) < 4.78 is 5.82. The van der Waals surface area contributed by atoms with Crippen molar-refractivity contribution < 1.29 is 9.53 Å². The van der Waals surface area contributed by atoms with E-state index in [9.17, 15) is 4.79 Å². The first-order chi connectivity index (χ1) is 9.69. The van der Waals surface area contributed by atoms with Crippen molar-refractivity contribution in [3.05, 3.63) is 17.8 Å². The lowest BCUT2D eigenvalue weighted by Crippen LogP contribution is -2.44. The maximum absolute atomic E-state index is 12.0. The summed E-state index contributed by atoms with van der Waals surface area (Å²) in [4.78, 5) is 13.9. The second-order valence-corrected chi connectivity index (χ2v) is 5.82. The number of nitrogens with zero attached hydrogens (tertiary/aromatic N) is 3. The average Bonchev–Trinajstić information content (AvgIpc) is 2.47. The van der Waals surface area contributed by atoms with Crippen LogP contribution in [0.15, 0.2) is 12.1 Å². The second kappa shape index (κ2) is 7.57. The first kappa shape index (κ1) is 15.2. The van der Waals surface area contributed by atoms with Gasteiger partial charge in [0, 0.05) is 24.4 Å². The molecule has 2 rings (SSSR count). The van der Waals surface area contributed by atoms with E-state index >= 15 is 0 Å². The summed E-state index contributed by atoms with van der Waals surface area (Å²) in [5, 5.41) is 8.86. The molecule has 1 atom stereocenters. The summed E-state index contributed by atoms with van der Waals surface area (Å²) in [6.45, 7) is 3.37. The highest BCUT2D eigenvalue weighted by Crippen LogP contribution is 2.17. The number of amides is 1. The average molecular weight is 342 g/mol. The van der Waals surface area contributed by atoms with E-state index in [0.29, 0.717) is 18.8 Å². The van der Waals surface area contributed by atoms with Crippen LogP contribution in [0.5, 0.6) is 5.88 Å². The van der Waals surface area contributed by atoms with E-state index in [0.717, 1.165) is 36.8 Å². The van der Waals surface area contributed by atoms with Crippen LogP contribution < -0.4 is 4.74 Å². The summed E-state index contributed by atoms with van der Waals surface area (Å²) in [6.07, 6.45) is 3.43. The fraction of sp³-hybridized carbons (Fsp3) is 0.643. The molecule has 0 spiro atoms. The number of likely N-dealkylation sites (tertiary alicyclic amines) is 1. The Labute approximate surface area is 127 Å². The lowest BCUT2D eigenvalue weighted by molar-refractivity contribution is -0.133. The minimum absolute atomic E-state index is 0.0219. The monoisotopic (exact) mass is 341 g/mol. The molecule has 1 aliphatic rings. The molecule has 1 unspecified atom stereocenters. The number of halogens is 1. The Bertz CT molecular complexity index is 439. The maximum Gasteiger partial charge on any atom is 0.233 e. The van der Waals surface area contributed by atoms with E-state index in [1.807, 2.05) is 24.0 Å². The SMILES string of the molecule is Cc1ccc(OC2CCCN(C(=O)CCCBr)C2)nn1. The predicted octanol–water partition coefficient (Wildman–Crippen LogP) is 2.33. The number of rotatable bonds is 5. The number of alkyl halides is 1. The summed E-state index contributed by atoms with van der Waals surface area (Å²) in [5.41, 5.74) is 0.868. The Morgan fingerprint density at radius 2 is 2.35 bits per heavy atom. The van der Waals surface area contributed by atoms with Crippen molar-refractivity contribution in [1.29, 1.82) is 0 Å². The molecule has 110 valence electrons. The molecule has 1 saturated heterocycles. The maximum atomic E-state index is 12.0. The molecule has 2 heterocycles. The number of carbonyl (C=O) groups excluding carboxylic acids is 1. The summed E-state index contributed by atoms with van der Waals surface area (Å²) in [7, 11) is 0. The first-order valence-corrected chi connectivity index (χ1v) is 8.12. The molecular formula is C14H20BrN3O2. The lowest BCUT2D eigenvalue weighted by Gasteiger charge is -2.32. The van der Waals surface area contributed by atoms with Crippen molar-refractivity contribution in [2.24, 2.45) is 0 Å². The Balaban J connectivity index is 1.86. The van der Waals surface area contributed by atoms with Crippen LogP contribution in [0.4, 0.5) is 0 Å². The molecule has 0 saturated carbocycles. The number of hydrogen-bond acceptors (Lipinski definition) is 4. The molecule has 0 aliphatic carbocycles. The lowest BCUT2D eigenvalue weighted by atomic mass is 10.1. The number of ether oxygens (including phenoxy) is 1. The van der Waals surface area contributed by atoms with Crippen LogP contribution in [-0.4, -0.2) is 45.5 Å². The zero-order valence-corrected chi connectivity index (χ0v) is 13.3. The van der Waals surface area contributed by atoms with E-state index in [-0.39, 0.29) is 12.0 Å². The predicted molar refractivity (Wildman–Crippen MR) is 80.0 cm³/mol. The van der Waals surface area contributed by atoms with Gasteiger partial charge in [0.15, 0.2) is 0 Å². The molecule has 6 heteroatoms. The number of piperidine rings is 1. The van der Waals surface area contributed by atoms with Crippen LogP contribution in [0.3, 0.4) is 0 Å². The van der Waals surface area contributed by atoms with Crippen molar-refractivity contribution in [2.75, 3.05) is 18.4 Å². The van der Waals surface area contributed by atoms with Crippen LogP contribution in [-0.2, 0) is 4.79 Å². The van der Waals surface area contributed by atoms with Crippen molar-refractivity contribution >= 4 is 21.8 Å². The summed E-state index contributed by atoms with van der Waals surface area (Å²) >= 11 is 3.35. The topological polar surface area (TPSA) is 55.3 Å². The fourth-order valence-corrected chi connectivity index (χ4v) is 2.54. The van der Waals surface area contributed by atoms with Gasteiger partial charge in [-0.25, -0.2) is 0 Å². The molecule has 1 fully saturated rings. The smallest absolute Gasteiger partial charge is 0.233 e.